The number of aryl methyl sites for hydroxylation is 1. The van der Waals surface area contributed by atoms with E-state index in [1.165, 1.54) is 0 Å². The van der Waals surface area contributed by atoms with Gasteiger partial charge in [-0.2, -0.15) is 0 Å². The molecule has 0 radical (unpaired) electrons. The summed E-state index contributed by atoms with van der Waals surface area (Å²) >= 11 is 0. The summed E-state index contributed by atoms with van der Waals surface area (Å²) in [6.07, 6.45) is 10.3. The van der Waals surface area contributed by atoms with Gasteiger partial charge in [0.2, 0.25) is 0 Å². The standard InChI is InChI=1S/C43H61NO10/c1-9-51-34(46)26-11-10-20-44(23-26)32-13-14-40(5)31(43(32,8)36(49)52-24-30-25(2)53-37(50)54-30)12-15-42(7)33(40)29(45)21-27-28-22-39(4,35(47)48)17-16-38(28,3)18-19-41(27,42)6/h21,26,28,31-33H,9-20,22-24H2,1-8H3,(H,47,48)/t26?,28-,31+,32-,33+,38+,39-,40-,41+,42+,43-/m0/s1. The molecule has 0 aromatic carbocycles. The Hall–Kier alpha value is -3.21. The maximum Gasteiger partial charge on any atom is 0.519 e. The number of carbonyl (C=O) groups excluding carboxylic acids is 3. The third kappa shape index (κ3) is 5.62. The number of likely N-dealkylation sites (tertiary alicyclic amines) is 1. The Kier molecular flexibility index (Phi) is 9.54. The Morgan fingerprint density at radius 2 is 1.65 bits per heavy atom. The molecule has 1 aromatic rings. The van der Waals surface area contributed by atoms with Crippen LogP contribution in [0.5, 0.6) is 0 Å². The van der Waals surface area contributed by atoms with Crippen LogP contribution in [0.4, 0.5) is 0 Å². The van der Waals surface area contributed by atoms with Gasteiger partial charge in [-0.1, -0.05) is 33.3 Å². The normalized spacial score (nSPS) is 43.4. The number of aliphatic carboxylic acids is 1. The number of esters is 2. The highest BCUT2D eigenvalue weighted by atomic mass is 16.6. The molecule has 1 aromatic heterocycles. The molecule has 298 valence electrons. The summed E-state index contributed by atoms with van der Waals surface area (Å²) in [5, 5.41) is 10.3. The molecule has 54 heavy (non-hydrogen) atoms. The molecule has 5 aliphatic carbocycles. The molecular weight excluding hydrogens is 690 g/mol. The van der Waals surface area contributed by atoms with Crippen molar-refractivity contribution in [3.63, 3.8) is 0 Å². The molecule has 11 atom stereocenters. The number of fused-ring (bicyclic) bond motifs is 7. The van der Waals surface area contributed by atoms with Crippen LogP contribution in [0.2, 0.25) is 0 Å². The fraction of sp³-hybridized carbons (Fsp3) is 0.791. The number of ether oxygens (including phenoxy) is 2. The van der Waals surface area contributed by atoms with Crippen LogP contribution in [0.25, 0.3) is 0 Å². The average Bonchev–Trinajstić information content (AvgIpc) is 3.44. The van der Waals surface area contributed by atoms with E-state index in [1.807, 2.05) is 26.8 Å². The highest BCUT2D eigenvalue weighted by Crippen LogP contribution is 2.75. The van der Waals surface area contributed by atoms with Gasteiger partial charge in [-0.15, -0.1) is 0 Å². The zero-order valence-electron chi connectivity index (χ0n) is 33.6. The monoisotopic (exact) mass is 751 g/mol. The van der Waals surface area contributed by atoms with E-state index in [0.717, 1.165) is 57.1 Å². The highest BCUT2D eigenvalue weighted by molar-refractivity contribution is 5.96. The molecule has 7 rings (SSSR count). The molecule has 1 aliphatic heterocycles. The van der Waals surface area contributed by atoms with Crippen molar-refractivity contribution in [3.8, 4) is 0 Å². The summed E-state index contributed by atoms with van der Waals surface area (Å²) < 4.78 is 21.8. The van der Waals surface area contributed by atoms with Crippen LogP contribution in [-0.2, 0) is 35.3 Å². The third-order valence-electron chi connectivity index (χ3n) is 16.9. The minimum absolute atomic E-state index is 0.0206. The molecule has 0 bridgehead atoms. The lowest BCUT2D eigenvalue weighted by Gasteiger charge is -2.71. The molecule has 1 N–H and O–H groups in total. The van der Waals surface area contributed by atoms with Gasteiger partial charge in [0, 0.05) is 18.5 Å². The van der Waals surface area contributed by atoms with Crippen molar-refractivity contribution in [3.05, 3.63) is 33.8 Å². The van der Waals surface area contributed by atoms with Crippen molar-refractivity contribution in [2.45, 2.75) is 139 Å². The van der Waals surface area contributed by atoms with Crippen molar-refractivity contribution >= 4 is 23.7 Å². The van der Waals surface area contributed by atoms with E-state index in [9.17, 15) is 24.3 Å². The molecular formula is C43H61NO10. The smallest absolute Gasteiger partial charge is 0.481 e. The van der Waals surface area contributed by atoms with Crippen molar-refractivity contribution in [2.75, 3.05) is 19.7 Å². The lowest BCUT2D eigenvalue weighted by Crippen LogP contribution is -2.70. The number of carbonyl (C=O) groups is 4. The van der Waals surface area contributed by atoms with Gasteiger partial charge in [0.25, 0.3) is 0 Å². The maximum absolute atomic E-state index is 15.0. The number of piperidine rings is 1. The lowest BCUT2D eigenvalue weighted by molar-refractivity contribution is -0.213. The molecule has 11 nitrogen and oxygen atoms in total. The summed E-state index contributed by atoms with van der Waals surface area (Å²) in [5.41, 5.74) is -2.01. The van der Waals surface area contributed by atoms with E-state index in [2.05, 4.69) is 32.6 Å². The zero-order valence-corrected chi connectivity index (χ0v) is 33.6. The number of hydrogen-bond acceptors (Lipinski definition) is 10. The molecule has 4 saturated carbocycles. The first-order valence-corrected chi connectivity index (χ1v) is 20.4. The molecule has 1 unspecified atom stereocenters. The maximum atomic E-state index is 15.0. The summed E-state index contributed by atoms with van der Waals surface area (Å²) in [5.74, 6) is -2.49. The van der Waals surface area contributed by atoms with E-state index in [1.54, 1.807) is 6.92 Å². The van der Waals surface area contributed by atoms with Gasteiger partial charge in [0.15, 0.2) is 23.9 Å². The number of rotatable bonds is 7. The van der Waals surface area contributed by atoms with Crippen molar-refractivity contribution in [1.29, 1.82) is 0 Å². The van der Waals surface area contributed by atoms with Crippen molar-refractivity contribution in [1.82, 2.24) is 4.90 Å². The van der Waals surface area contributed by atoms with Gasteiger partial charge in [-0.25, -0.2) is 4.79 Å². The second kappa shape index (κ2) is 13.2. The van der Waals surface area contributed by atoms with Gasteiger partial charge < -0.3 is 23.4 Å². The molecule has 0 amide bonds. The van der Waals surface area contributed by atoms with Gasteiger partial charge in [0.05, 0.1) is 23.4 Å². The zero-order chi connectivity index (χ0) is 39.2. The quantitative estimate of drug-likeness (QED) is 0.280. The Morgan fingerprint density at radius 3 is 2.31 bits per heavy atom. The fourth-order valence-electron chi connectivity index (χ4n) is 13.4. The van der Waals surface area contributed by atoms with Gasteiger partial charge >= 0.3 is 23.7 Å². The Labute approximate surface area is 318 Å². The fourth-order valence-corrected chi connectivity index (χ4v) is 13.4. The van der Waals surface area contributed by atoms with Gasteiger partial charge in [-0.3, -0.25) is 24.1 Å². The van der Waals surface area contributed by atoms with E-state index >= 15 is 4.79 Å². The number of hydrogen-bond donors (Lipinski definition) is 1. The lowest BCUT2D eigenvalue weighted by atomic mass is 9.33. The van der Waals surface area contributed by atoms with E-state index in [0.29, 0.717) is 38.8 Å². The Balaban J connectivity index is 1.27. The van der Waals surface area contributed by atoms with Crippen LogP contribution >= 0.6 is 0 Å². The minimum Gasteiger partial charge on any atom is -0.481 e. The van der Waals surface area contributed by atoms with E-state index in [4.69, 9.17) is 18.3 Å². The van der Waals surface area contributed by atoms with Crippen LogP contribution in [-0.4, -0.2) is 59.4 Å². The molecule has 2 heterocycles. The molecule has 5 fully saturated rings. The average molecular weight is 752 g/mol. The van der Waals surface area contributed by atoms with Gasteiger partial charge in [-0.05, 0) is 144 Å². The van der Waals surface area contributed by atoms with Gasteiger partial charge in [0.1, 0.15) is 0 Å². The SMILES string of the molecule is CCOC(=O)C1CCCN([C@H]2CC[C@@]3(C)[C@@H](CC[C@]4(C)[C@@H]3C(=O)C=C3[C@@H]5C[C@@](C)(C(=O)O)CC[C@]5(C)CC[C@]34C)[C@]2(C)C(=O)OCc2oc(=O)oc2C)C1. The number of carboxylic acids is 1. The predicted octanol–water partition coefficient (Wildman–Crippen LogP) is 7.27. The first kappa shape index (κ1) is 39.0. The van der Waals surface area contributed by atoms with Crippen molar-refractivity contribution in [2.24, 2.45) is 56.2 Å². The molecule has 1 saturated heterocycles. The third-order valence-corrected chi connectivity index (χ3v) is 16.9. The first-order chi connectivity index (χ1) is 25.3. The van der Waals surface area contributed by atoms with Crippen LogP contribution in [0.3, 0.4) is 0 Å². The van der Waals surface area contributed by atoms with Crippen molar-refractivity contribution < 1.29 is 42.6 Å². The summed E-state index contributed by atoms with van der Waals surface area (Å²) in [4.78, 5) is 69.6. The number of allylic oxidation sites excluding steroid dienone is 2. The van der Waals surface area contributed by atoms with Crippen LogP contribution < -0.4 is 5.82 Å². The first-order valence-electron chi connectivity index (χ1n) is 20.4. The summed E-state index contributed by atoms with van der Waals surface area (Å²) in [6.45, 7) is 17.8. The number of nitrogens with zero attached hydrogens (tertiary/aromatic N) is 1. The van der Waals surface area contributed by atoms with E-state index in [-0.39, 0.29) is 70.4 Å². The number of carboxylic acid groups (broad SMARTS) is 1. The van der Waals surface area contributed by atoms with Crippen LogP contribution in [0, 0.1) is 63.1 Å². The van der Waals surface area contributed by atoms with E-state index < -0.39 is 39.4 Å². The van der Waals surface area contributed by atoms with Crippen LogP contribution in [0.1, 0.15) is 131 Å². The molecule has 11 heteroatoms. The molecule has 0 spiro atoms. The highest BCUT2D eigenvalue weighted by Gasteiger charge is 2.72. The number of ketones is 1. The predicted molar refractivity (Wildman–Crippen MR) is 198 cm³/mol. The minimum atomic E-state index is -1.05. The Morgan fingerprint density at radius 1 is 0.926 bits per heavy atom. The second-order valence-corrected chi connectivity index (χ2v) is 19.5. The Bertz CT molecular complexity index is 1810. The topological polar surface area (TPSA) is 154 Å². The molecule has 6 aliphatic rings. The summed E-state index contributed by atoms with van der Waals surface area (Å²) in [7, 11) is 0. The largest absolute Gasteiger partial charge is 0.519 e. The second-order valence-electron chi connectivity index (χ2n) is 19.5. The summed E-state index contributed by atoms with van der Waals surface area (Å²) in [6, 6.07) is -0.242. The van der Waals surface area contributed by atoms with Crippen LogP contribution in [0.15, 0.2) is 25.3 Å².